The van der Waals surface area contributed by atoms with Crippen LogP contribution < -0.4 is 5.73 Å². The lowest BCUT2D eigenvalue weighted by Gasteiger charge is -2.01. The van der Waals surface area contributed by atoms with Crippen LogP contribution in [0.3, 0.4) is 0 Å². The summed E-state index contributed by atoms with van der Waals surface area (Å²) in [5.41, 5.74) is 5.49. The van der Waals surface area contributed by atoms with Gasteiger partial charge in [0.1, 0.15) is 5.69 Å². The molecule has 66 valence electrons. The van der Waals surface area contributed by atoms with Crippen LogP contribution in [0, 0.1) is 0 Å². The molecule has 1 heterocycles. The predicted octanol–water partition coefficient (Wildman–Crippen LogP) is -0.0699. The Morgan fingerprint density at radius 3 is 3.08 bits per heavy atom. The van der Waals surface area contributed by atoms with Crippen LogP contribution in [-0.4, -0.2) is 27.4 Å². The molecule has 0 saturated heterocycles. The molecule has 1 rings (SSSR count). The number of carboxylic acid groups (broad SMARTS) is 1. The van der Waals surface area contributed by atoms with E-state index in [0.717, 1.165) is 6.42 Å². The summed E-state index contributed by atoms with van der Waals surface area (Å²) in [4.78, 5) is 10.6. The van der Waals surface area contributed by atoms with Gasteiger partial charge < -0.3 is 10.8 Å². The normalized spacial score (nSPS) is 10.1. The molecule has 12 heavy (non-hydrogen) atoms. The zero-order valence-electron chi connectivity index (χ0n) is 6.60. The highest BCUT2D eigenvalue weighted by Gasteiger charge is 2.08. The van der Waals surface area contributed by atoms with Crippen LogP contribution in [0.5, 0.6) is 0 Å². The highest BCUT2D eigenvalue weighted by molar-refractivity contribution is 5.85. The van der Waals surface area contributed by atoms with Crippen molar-refractivity contribution in [2.24, 2.45) is 5.73 Å². The molecule has 0 spiro atoms. The van der Waals surface area contributed by atoms with Gasteiger partial charge in [-0.25, -0.2) is 4.79 Å². The highest BCUT2D eigenvalue weighted by atomic mass is 16.4. The zero-order valence-corrected chi connectivity index (χ0v) is 6.60. The number of hydrogen-bond acceptors (Lipinski definition) is 3. The first-order valence-corrected chi connectivity index (χ1v) is 3.71. The van der Waals surface area contributed by atoms with Crippen molar-refractivity contribution in [1.29, 1.82) is 0 Å². The number of carboxylic acids is 1. The first-order chi connectivity index (χ1) is 5.75. The van der Waals surface area contributed by atoms with E-state index < -0.39 is 5.97 Å². The van der Waals surface area contributed by atoms with Crippen LogP contribution in [0.25, 0.3) is 0 Å². The summed E-state index contributed by atoms with van der Waals surface area (Å²) in [6.07, 6.45) is 2.21. The number of nitrogens with zero attached hydrogens (tertiary/aromatic N) is 2. The van der Waals surface area contributed by atoms with E-state index in [-0.39, 0.29) is 5.69 Å². The molecule has 0 radical (unpaired) electrons. The van der Waals surface area contributed by atoms with Gasteiger partial charge in [0, 0.05) is 12.7 Å². The molecule has 0 fully saturated rings. The van der Waals surface area contributed by atoms with Crippen molar-refractivity contribution in [1.82, 2.24) is 9.78 Å². The van der Waals surface area contributed by atoms with E-state index in [1.807, 2.05) is 0 Å². The summed E-state index contributed by atoms with van der Waals surface area (Å²) in [5.74, 6) is -0.954. The van der Waals surface area contributed by atoms with Gasteiger partial charge in [-0.15, -0.1) is 0 Å². The minimum Gasteiger partial charge on any atom is -0.477 e. The Bertz CT molecular complexity index is 269. The Labute approximate surface area is 69.8 Å². The largest absolute Gasteiger partial charge is 0.477 e. The van der Waals surface area contributed by atoms with Crippen LogP contribution in [-0.2, 0) is 6.54 Å². The fraction of sp³-hybridized carbons (Fsp3) is 0.429. The quantitative estimate of drug-likeness (QED) is 0.661. The molecule has 0 atom stereocenters. The summed E-state index contributed by atoms with van der Waals surface area (Å²) in [6, 6.07) is 1.47. The molecule has 1 aromatic heterocycles. The number of carbonyl (C=O) groups is 1. The molecule has 0 aliphatic rings. The molecule has 0 aromatic carbocycles. The monoisotopic (exact) mass is 169 g/mol. The number of aromatic carboxylic acids is 1. The minimum atomic E-state index is -0.954. The Kier molecular flexibility index (Phi) is 2.82. The third-order valence-corrected chi connectivity index (χ3v) is 1.51. The maximum atomic E-state index is 10.6. The van der Waals surface area contributed by atoms with Crippen molar-refractivity contribution in [2.45, 2.75) is 13.0 Å². The third kappa shape index (κ3) is 1.82. The van der Waals surface area contributed by atoms with Gasteiger partial charge in [0.2, 0.25) is 0 Å². The van der Waals surface area contributed by atoms with Crippen molar-refractivity contribution >= 4 is 5.97 Å². The zero-order chi connectivity index (χ0) is 8.97. The molecule has 1 aromatic rings. The number of aromatic nitrogens is 2. The van der Waals surface area contributed by atoms with Crippen LogP contribution in [0.15, 0.2) is 12.3 Å². The standard InChI is InChI=1S/C7H11N3O2/c8-3-1-5-10-6(7(11)12)2-4-9-10/h2,4H,1,3,5,8H2,(H,11,12). The second-order valence-electron chi connectivity index (χ2n) is 2.39. The van der Waals surface area contributed by atoms with Gasteiger partial charge in [-0.05, 0) is 19.0 Å². The number of nitrogens with two attached hydrogens (primary N) is 1. The summed E-state index contributed by atoms with van der Waals surface area (Å²) in [6.45, 7) is 1.10. The second-order valence-corrected chi connectivity index (χ2v) is 2.39. The average molecular weight is 169 g/mol. The Balaban J connectivity index is 2.70. The summed E-state index contributed by atoms with van der Waals surface area (Å²) < 4.78 is 1.44. The van der Waals surface area contributed by atoms with Crippen LogP contribution >= 0.6 is 0 Å². The van der Waals surface area contributed by atoms with Gasteiger partial charge in [0.25, 0.3) is 0 Å². The Hall–Kier alpha value is -1.36. The van der Waals surface area contributed by atoms with Crippen LogP contribution in [0.2, 0.25) is 0 Å². The van der Waals surface area contributed by atoms with Crippen molar-refractivity contribution in [3.8, 4) is 0 Å². The summed E-state index contributed by atoms with van der Waals surface area (Å²) >= 11 is 0. The van der Waals surface area contributed by atoms with Gasteiger partial charge in [-0.3, -0.25) is 4.68 Å². The van der Waals surface area contributed by atoms with Crippen molar-refractivity contribution in [2.75, 3.05) is 6.54 Å². The fourth-order valence-electron chi connectivity index (χ4n) is 0.934. The molecule has 0 aliphatic carbocycles. The third-order valence-electron chi connectivity index (χ3n) is 1.51. The number of hydrogen-bond donors (Lipinski definition) is 2. The second kappa shape index (κ2) is 3.87. The minimum absolute atomic E-state index is 0.212. The molecular weight excluding hydrogens is 158 g/mol. The molecular formula is C7H11N3O2. The first kappa shape index (κ1) is 8.73. The van der Waals surface area contributed by atoms with Crippen molar-refractivity contribution in [3.63, 3.8) is 0 Å². The average Bonchev–Trinajstić information content (AvgIpc) is 2.48. The smallest absolute Gasteiger partial charge is 0.354 e. The number of aryl methyl sites for hydroxylation is 1. The molecule has 0 aliphatic heterocycles. The molecule has 0 saturated carbocycles. The maximum absolute atomic E-state index is 10.6. The van der Waals surface area contributed by atoms with Crippen molar-refractivity contribution < 1.29 is 9.90 Å². The lowest BCUT2D eigenvalue weighted by atomic mass is 10.4. The molecule has 0 amide bonds. The summed E-state index contributed by atoms with van der Waals surface area (Å²) in [7, 11) is 0. The molecule has 3 N–H and O–H groups in total. The molecule has 5 heteroatoms. The maximum Gasteiger partial charge on any atom is 0.354 e. The van der Waals surface area contributed by atoms with Gasteiger partial charge in [-0.2, -0.15) is 5.10 Å². The molecule has 5 nitrogen and oxygen atoms in total. The highest BCUT2D eigenvalue weighted by Crippen LogP contribution is 1.99. The van der Waals surface area contributed by atoms with Gasteiger partial charge >= 0.3 is 5.97 Å². The van der Waals surface area contributed by atoms with E-state index in [9.17, 15) is 4.79 Å². The van der Waals surface area contributed by atoms with Gasteiger partial charge in [0.15, 0.2) is 0 Å². The molecule has 0 unspecified atom stereocenters. The number of rotatable bonds is 4. The van der Waals surface area contributed by atoms with E-state index >= 15 is 0 Å². The van der Waals surface area contributed by atoms with Crippen molar-refractivity contribution in [3.05, 3.63) is 18.0 Å². The van der Waals surface area contributed by atoms with Gasteiger partial charge in [-0.1, -0.05) is 0 Å². The van der Waals surface area contributed by atoms with E-state index in [0.29, 0.717) is 13.1 Å². The lowest BCUT2D eigenvalue weighted by Crippen LogP contribution is -2.12. The molecule has 0 bridgehead atoms. The Morgan fingerprint density at radius 1 is 1.75 bits per heavy atom. The lowest BCUT2D eigenvalue weighted by molar-refractivity contribution is 0.0683. The van der Waals surface area contributed by atoms with Crippen LogP contribution in [0.1, 0.15) is 16.9 Å². The summed E-state index contributed by atoms with van der Waals surface area (Å²) in [5, 5.41) is 12.5. The SMILES string of the molecule is NCCCn1nccc1C(=O)O. The van der Waals surface area contributed by atoms with E-state index in [1.165, 1.54) is 16.9 Å². The first-order valence-electron chi connectivity index (χ1n) is 3.71. The predicted molar refractivity (Wildman–Crippen MR) is 42.9 cm³/mol. The topological polar surface area (TPSA) is 81.1 Å². The van der Waals surface area contributed by atoms with E-state index in [2.05, 4.69) is 5.10 Å². The van der Waals surface area contributed by atoms with Crippen LogP contribution in [0.4, 0.5) is 0 Å². The van der Waals surface area contributed by atoms with E-state index in [4.69, 9.17) is 10.8 Å². The van der Waals surface area contributed by atoms with Gasteiger partial charge in [0.05, 0.1) is 0 Å². The fourth-order valence-corrected chi connectivity index (χ4v) is 0.934. The Morgan fingerprint density at radius 2 is 2.50 bits per heavy atom. The van der Waals surface area contributed by atoms with E-state index in [1.54, 1.807) is 0 Å².